The highest BCUT2D eigenvalue weighted by molar-refractivity contribution is 6.22. The number of carbonyl (C=O) groups is 3. The number of fused-ring (bicyclic) bond motifs is 2. The molecule has 6 rings (SSSR count). The SMILES string of the molecule is O=C(c1ccc2c(c1)C(=O)N(Cc1ccccc1)C2=O)N1CCCC(c2nnc3n2CCCCC3)C1. The van der Waals surface area contributed by atoms with E-state index in [9.17, 15) is 14.4 Å². The molecule has 0 saturated carbocycles. The van der Waals surface area contributed by atoms with Crippen molar-refractivity contribution in [1.29, 1.82) is 0 Å². The Morgan fingerprint density at radius 3 is 2.58 bits per heavy atom. The van der Waals surface area contributed by atoms with E-state index in [4.69, 9.17) is 0 Å². The van der Waals surface area contributed by atoms with Crippen LogP contribution in [0.2, 0.25) is 0 Å². The Morgan fingerprint density at radius 2 is 1.72 bits per heavy atom. The molecule has 1 atom stereocenters. The maximum absolute atomic E-state index is 13.5. The number of piperidine rings is 1. The van der Waals surface area contributed by atoms with Crippen molar-refractivity contribution in [2.24, 2.45) is 0 Å². The maximum Gasteiger partial charge on any atom is 0.261 e. The van der Waals surface area contributed by atoms with Gasteiger partial charge < -0.3 is 9.47 Å². The van der Waals surface area contributed by atoms with Crippen LogP contribution in [-0.4, -0.2) is 55.4 Å². The molecule has 0 spiro atoms. The highest BCUT2D eigenvalue weighted by Gasteiger charge is 2.37. The standard InChI is InChI=1S/C28H29N5O3/c34-26(31-14-7-10-21(18-31)25-30-29-24-11-5-2-6-15-32(24)25)20-12-13-22-23(16-20)28(36)33(27(22)35)17-19-8-3-1-4-9-19/h1,3-4,8-9,12-13,16,21H,2,5-7,10-11,14-15,17-18H2. The molecule has 1 aromatic heterocycles. The third kappa shape index (κ3) is 4.00. The zero-order valence-electron chi connectivity index (χ0n) is 20.2. The van der Waals surface area contributed by atoms with Gasteiger partial charge in [-0.3, -0.25) is 19.3 Å². The van der Waals surface area contributed by atoms with Crippen LogP contribution in [0.5, 0.6) is 0 Å². The van der Waals surface area contributed by atoms with Gasteiger partial charge in [0.15, 0.2) is 0 Å². The molecule has 1 fully saturated rings. The third-order valence-electron chi connectivity index (χ3n) is 7.61. The Bertz CT molecular complexity index is 1330. The van der Waals surface area contributed by atoms with Crippen LogP contribution in [0.25, 0.3) is 0 Å². The zero-order valence-corrected chi connectivity index (χ0v) is 20.2. The van der Waals surface area contributed by atoms with Gasteiger partial charge in [0.05, 0.1) is 17.7 Å². The number of hydrogen-bond acceptors (Lipinski definition) is 5. The Hall–Kier alpha value is -3.81. The Kier molecular flexibility index (Phi) is 5.87. The zero-order chi connectivity index (χ0) is 24.6. The molecule has 36 heavy (non-hydrogen) atoms. The molecule has 3 aliphatic heterocycles. The number of aromatic nitrogens is 3. The van der Waals surface area contributed by atoms with Crippen molar-refractivity contribution in [3.63, 3.8) is 0 Å². The minimum Gasteiger partial charge on any atom is -0.338 e. The molecule has 0 radical (unpaired) electrons. The van der Waals surface area contributed by atoms with Crippen LogP contribution < -0.4 is 0 Å². The van der Waals surface area contributed by atoms with Gasteiger partial charge in [-0.25, -0.2) is 0 Å². The van der Waals surface area contributed by atoms with Crippen LogP contribution in [0.1, 0.15) is 86.3 Å². The normalized spacial score (nSPS) is 19.7. The minimum atomic E-state index is -0.351. The quantitative estimate of drug-likeness (QED) is 0.527. The van der Waals surface area contributed by atoms with E-state index in [1.807, 2.05) is 35.2 Å². The van der Waals surface area contributed by atoms with Gasteiger partial charge in [0.25, 0.3) is 17.7 Å². The second-order valence-corrected chi connectivity index (χ2v) is 9.97. The van der Waals surface area contributed by atoms with Crippen molar-refractivity contribution in [3.8, 4) is 0 Å². The van der Waals surface area contributed by atoms with Gasteiger partial charge in [-0.2, -0.15) is 0 Å². The number of nitrogens with zero attached hydrogens (tertiary/aromatic N) is 5. The van der Waals surface area contributed by atoms with E-state index in [2.05, 4.69) is 14.8 Å². The second-order valence-electron chi connectivity index (χ2n) is 9.97. The summed E-state index contributed by atoms with van der Waals surface area (Å²) < 4.78 is 2.27. The second kappa shape index (κ2) is 9.33. The Balaban J connectivity index is 1.20. The van der Waals surface area contributed by atoms with Gasteiger partial charge in [0, 0.05) is 37.5 Å². The van der Waals surface area contributed by atoms with Crippen molar-refractivity contribution in [2.75, 3.05) is 13.1 Å². The number of likely N-dealkylation sites (tertiary alicyclic amines) is 1. The average Bonchev–Trinajstić information content (AvgIpc) is 3.31. The topological polar surface area (TPSA) is 88.4 Å². The molecule has 8 heteroatoms. The average molecular weight is 484 g/mol. The van der Waals surface area contributed by atoms with Crippen molar-refractivity contribution in [3.05, 3.63) is 82.4 Å². The van der Waals surface area contributed by atoms with Crippen molar-refractivity contribution >= 4 is 17.7 Å². The molecule has 3 aliphatic rings. The predicted octanol–water partition coefficient (Wildman–Crippen LogP) is 3.82. The number of carbonyl (C=O) groups excluding carboxylic acids is 3. The first kappa shape index (κ1) is 22.6. The fraction of sp³-hybridized carbons (Fsp3) is 0.393. The summed E-state index contributed by atoms with van der Waals surface area (Å²) in [5.74, 6) is 1.43. The molecule has 4 heterocycles. The van der Waals surface area contributed by atoms with Crippen LogP contribution in [0.4, 0.5) is 0 Å². The first-order valence-electron chi connectivity index (χ1n) is 12.9. The van der Waals surface area contributed by atoms with Crippen molar-refractivity contribution in [2.45, 2.75) is 57.5 Å². The number of hydrogen-bond donors (Lipinski definition) is 0. The number of aryl methyl sites for hydroxylation is 1. The van der Waals surface area contributed by atoms with Gasteiger partial charge in [-0.15, -0.1) is 10.2 Å². The van der Waals surface area contributed by atoms with Crippen molar-refractivity contribution < 1.29 is 14.4 Å². The minimum absolute atomic E-state index is 0.111. The lowest BCUT2D eigenvalue weighted by Gasteiger charge is -2.32. The summed E-state index contributed by atoms with van der Waals surface area (Å²) >= 11 is 0. The molecule has 3 amide bonds. The Labute approximate surface area is 209 Å². The van der Waals surface area contributed by atoms with Crippen LogP contribution in [-0.2, 0) is 19.5 Å². The summed E-state index contributed by atoms with van der Waals surface area (Å²) in [4.78, 5) is 42.6. The number of benzene rings is 2. The van der Waals surface area contributed by atoms with E-state index in [0.29, 0.717) is 29.8 Å². The van der Waals surface area contributed by atoms with Crippen molar-refractivity contribution in [1.82, 2.24) is 24.6 Å². The summed E-state index contributed by atoms with van der Waals surface area (Å²) in [6.07, 6.45) is 6.33. The van der Waals surface area contributed by atoms with Crippen LogP contribution in [0, 0.1) is 0 Å². The smallest absolute Gasteiger partial charge is 0.261 e. The van der Waals surface area contributed by atoms with Gasteiger partial charge in [-0.1, -0.05) is 36.8 Å². The summed E-state index contributed by atoms with van der Waals surface area (Å²) in [6, 6.07) is 14.3. The van der Waals surface area contributed by atoms with E-state index in [1.54, 1.807) is 18.2 Å². The summed E-state index contributed by atoms with van der Waals surface area (Å²) in [5.41, 5.74) is 1.99. The van der Waals surface area contributed by atoms with E-state index in [0.717, 1.165) is 55.9 Å². The lowest BCUT2D eigenvalue weighted by molar-refractivity contribution is 0.0641. The highest BCUT2D eigenvalue weighted by atomic mass is 16.2. The van der Waals surface area contributed by atoms with Crippen LogP contribution in [0.15, 0.2) is 48.5 Å². The summed E-state index contributed by atoms with van der Waals surface area (Å²) in [6.45, 7) is 2.41. The molecule has 0 aliphatic carbocycles. The molecule has 0 N–H and O–H groups in total. The number of amides is 3. The Morgan fingerprint density at radius 1 is 0.889 bits per heavy atom. The fourth-order valence-electron chi connectivity index (χ4n) is 5.70. The van der Waals surface area contributed by atoms with E-state index < -0.39 is 0 Å². The number of rotatable bonds is 4. The molecule has 0 bridgehead atoms. The maximum atomic E-state index is 13.5. The third-order valence-corrected chi connectivity index (χ3v) is 7.61. The molecular formula is C28H29N5O3. The molecule has 1 saturated heterocycles. The molecule has 2 aromatic carbocycles. The van der Waals surface area contributed by atoms with Gasteiger partial charge in [0.1, 0.15) is 11.6 Å². The summed E-state index contributed by atoms with van der Waals surface area (Å²) in [5, 5.41) is 8.97. The largest absolute Gasteiger partial charge is 0.338 e. The monoisotopic (exact) mass is 483 g/mol. The summed E-state index contributed by atoms with van der Waals surface area (Å²) in [7, 11) is 0. The van der Waals surface area contributed by atoms with Crippen LogP contribution in [0.3, 0.4) is 0 Å². The van der Waals surface area contributed by atoms with Gasteiger partial charge in [-0.05, 0) is 49.4 Å². The predicted molar refractivity (Wildman–Crippen MR) is 133 cm³/mol. The molecule has 184 valence electrons. The lowest BCUT2D eigenvalue weighted by Crippen LogP contribution is -2.40. The first-order chi connectivity index (χ1) is 17.6. The molecule has 1 unspecified atom stereocenters. The van der Waals surface area contributed by atoms with Gasteiger partial charge >= 0.3 is 0 Å². The first-order valence-corrected chi connectivity index (χ1v) is 12.9. The molecular weight excluding hydrogens is 454 g/mol. The number of imide groups is 1. The highest BCUT2D eigenvalue weighted by Crippen LogP contribution is 2.30. The van der Waals surface area contributed by atoms with Crippen LogP contribution >= 0.6 is 0 Å². The fourth-order valence-corrected chi connectivity index (χ4v) is 5.70. The van der Waals surface area contributed by atoms with Gasteiger partial charge in [0.2, 0.25) is 0 Å². The molecule has 8 nitrogen and oxygen atoms in total. The van der Waals surface area contributed by atoms with E-state index in [-0.39, 0.29) is 30.2 Å². The van der Waals surface area contributed by atoms with E-state index in [1.165, 1.54) is 11.3 Å². The lowest BCUT2D eigenvalue weighted by atomic mass is 9.96. The molecule has 3 aromatic rings. The van der Waals surface area contributed by atoms with E-state index >= 15 is 0 Å².